The van der Waals surface area contributed by atoms with E-state index in [1.807, 2.05) is 0 Å². The maximum atomic E-state index is 12.7. The molecule has 0 aliphatic heterocycles. The number of phosphoric ester groups is 1. The Hall–Kier alpha value is -5.41. The van der Waals surface area contributed by atoms with Gasteiger partial charge < -0.3 is 20.1 Å². The summed E-state index contributed by atoms with van der Waals surface area (Å²) in [4.78, 5) is 35.2. The number of allylic oxidation sites excluding steroid dienone is 34. The molecule has 9 nitrogen and oxygen atoms in total. The van der Waals surface area contributed by atoms with Crippen LogP contribution in [-0.2, 0) is 32.7 Å². The number of carbonyl (C=O) groups is 2. The van der Waals surface area contributed by atoms with E-state index in [1.165, 1.54) is 0 Å². The fourth-order valence-electron chi connectivity index (χ4n) is 7.23. The zero-order valence-electron chi connectivity index (χ0n) is 50.2. The van der Waals surface area contributed by atoms with Crippen LogP contribution >= 0.6 is 7.82 Å². The number of phosphoric acid groups is 1. The first-order chi connectivity index (χ1) is 39.8. The molecule has 0 aromatic carbocycles. The van der Waals surface area contributed by atoms with Crippen LogP contribution < -0.4 is 5.73 Å². The standard InChI is InChI=1S/C71H108NO8P/c1-3-5-7-9-11-13-15-17-19-21-23-25-27-29-31-33-34-36-38-40-42-44-46-48-50-52-54-56-58-60-62-64-71(74)80-69(68-79-81(75,76)78-66-65-72)67-77-70(73)63-61-59-57-55-53-51-49-47-45-43-41-39-37-35-32-30-28-26-24-22-20-18-16-14-12-10-8-6-4-2/h5-8,11-14,17-20,23-26,29-32,34,36-37,39-40,42-43,45-46,48-49,51-52,54,69H,3-4,9-10,15-16,21-22,27-28,33,35,38,41,44,47,50,53,55-68,72H2,1-2H3,(H,75,76)/b7-5-,8-6-,13-11-,14-12-,19-17-,20-18-,25-23-,26-24-,31-29-,32-30-,36-34-,39-37-,42-40-,45-43-,48-46-,51-49-,54-52-. The van der Waals surface area contributed by atoms with Gasteiger partial charge in [0, 0.05) is 19.4 Å². The topological polar surface area (TPSA) is 134 Å². The van der Waals surface area contributed by atoms with Gasteiger partial charge in [0.15, 0.2) is 6.10 Å². The lowest BCUT2D eigenvalue weighted by molar-refractivity contribution is -0.161. The van der Waals surface area contributed by atoms with Gasteiger partial charge in [-0.25, -0.2) is 4.57 Å². The van der Waals surface area contributed by atoms with E-state index in [0.717, 1.165) is 154 Å². The SMILES string of the molecule is CC/C=C\C/C=C\C/C=C\C/C=C\C/C=C\C/C=C\C/C=C\C/C=C\C/C=C\CCCCCC(=O)OC(COC(=O)CCCCCC/C=C\C/C=C\C/C=C\C/C=C\C/C=C\C/C=C\C/C=C\C/C=C\CC)COP(=O)(O)OCCN. The van der Waals surface area contributed by atoms with E-state index in [4.69, 9.17) is 24.3 Å². The lowest BCUT2D eigenvalue weighted by Crippen LogP contribution is -2.29. The molecule has 0 amide bonds. The van der Waals surface area contributed by atoms with Crippen LogP contribution in [0.25, 0.3) is 0 Å². The highest BCUT2D eigenvalue weighted by atomic mass is 31.2. The third-order valence-corrected chi connectivity index (χ3v) is 12.6. The maximum Gasteiger partial charge on any atom is 0.472 e. The van der Waals surface area contributed by atoms with Gasteiger partial charge >= 0.3 is 19.8 Å². The minimum absolute atomic E-state index is 0.0308. The minimum Gasteiger partial charge on any atom is -0.462 e. The summed E-state index contributed by atoms with van der Waals surface area (Å²) in [6.45, 7) is 3.40. The van der Waals surface area contributed by atoms with E-state index >= 15 is 0 Å². The molecular formula is C71H108NO8P. The fraction of sp³-hybridized carbons (Fsp3) is 0.493. The van der Waals surface area contributed by atoms with Gasteiger partial charge in [0.05, 0.1) is 13.2 Å². The first-order valence-corrected chi connectivity index (χ1v) is 32.1. The summed E-state index contributed by atoms with van der Waals surface area (Å²) in [5.74, 6) is -0.917. The van der Waals surface area contributed by atoms with Crippen LogP contribution in [0.15, 0.2) is 207 Å². The predicted octanol–water partition coefficient (Wildman–Crippen LogP) is 20.0. The van der Waals surface area contributed by atoms with Crippen LogP contribution in [0.1, 0.15) is 194 Å². The Kier molecular flexibility index (Phi) is 59.5. The molecule has 81 heavy (non-hydrogen) atoms. The molecule has 0 spiro atoms. The van der Waals surface area contributed by atoms with E-state index in [-0.39, 0.29) is 32.6 Å². The molecule has 0 heterocycles. The molecule has 0 aliphatic carbocycles. The molecule has 2 atom stereocenters. The Morgan fingerprint density at radius 2 is 0.642 bits per heavy atom. The third kappa shape index (κ3) is 63.6. The lowest BCUT2D eigenvalue weighted by atomic mass is 10.1. The predicted molar refractivity (Wildman–Crippen MR) is 348 cm³/mol. The first kappa shape index (κ1) is 75.6. The molecule has 10 heteroatoms. The van der Waals surface area contributed by atoms with Gasteiger partial charge in [-0.1, -0.05) is 240 Å². The van der Waals surface area contributed by atoms with Crippen molar-refractivity contribution in [1.29, 1.82) is 0 Å². The Bertz CT molecular complexity index is 2070. The normalized spacial score (nSPS) is 14.5. The smallest absolute Gasteiger partial charge is 0.462 e. The Balaban J connectivity index is 4.19. The number of nitrogens with two attached hydrogens (primary N) is 1. The maximum absolute atomic E-state index is 12.7. The summed E-state index contributed by atoms with van der Waals surface area (Å²) in [6.07, 6.45) is 98.8. The number of carbonyl (C=O) groups excluding carboxylic acids is 2. The largest absolute Gasteiger partial charge is 0.472 e. The lowest BCUT2D eigenvalue weighted by Gasteiger charge is -2.19. The molecule has 450 valence electrons. The van der Waals surface area contributed by atoms with Crippen molar-refractivity contribution in [2.24, 2.45) is 5.73 Å². The second kappa shape index (κ2) is 63.8. The van der Waals surface area contributed by atoms with Gasteiger partial charge in [-0.3, -0.25) is 18.6 Å². The van der Waals surface area contributed by atoms with Crippen LogP contribution in [0.2, 0.25) is 0 Å². The summed E-state index contributed by atoms with van der Waals surface area (Å²) in [7, 11) is -4.42. The van der Waals surface area contributed by atoms with Crippen LogP contribution in [0.5, 0.6) is 0 Å². The molecular weight excluding hydrogens is 1030 g/mol. The van der Waals surface area contributed by atoms with Crippen LogP contribution in [0.4, 0.5) is 0 Å². The molecule has 2 unspecified atom stereocenters. The summed E-state index contributed by atoms with van der Waals surface area (Å²) < 4.78 is 33.0. The molecule has 0 rings (SSSR count). The van der Waals surface area contributed by atoms with Gasteiger partial charge in [0.1, 0.15) is 6.61 Å². The Labute approximate surface area is 493 Å². The van der Waals surface area contributed by atoms with E-state index < -0.39 is 32.5 Å². The minimum atomic E-state index is -4.42. The van der Waals surface area contributed by atoms with Gasteiger partial charge in [0.25, 0.3) is 0 Å². The highest BCUT2D eigenvalue weighted by Gasteiger charge is 2.26. The van der Waals surface area contributed by atoms with E-state index in [1.54, 1.807) is 0 Å². The number of unbranched alkanes of at least 4 members (excludes halogenated alkanes) is 7. The van der Waals surface area contributed by atoms with Gasteiger partial charge in [-0.2, -0.15) is 0 Å². The molecule has 0 aromatic heterocycles. The summed E-state index contributed by atoms with van der Waals surface area (Å²) in [6, 6.07) is 0. The summed E-state index contributed by atoms with van der Waals surface area (Å²) in [5.41, 5.74) is 5.38. The monoisotopic (exact) mass is 1130 g/mol. The van der Waals surface area contributed by atoms with Crippen molar-refractivity contribution in [3.63, 3.8) is 0 Å². The van der Waals surface area contributed by atoms with E-state index in [9.17, 15) is 19.0 Å². The van der Waals surface area contributed by atoms with Gasteiger partial charge in [-0.15, -0.1) is 0 Å². The number of esters is 2. The first-order valence-electron chi connectivity index (χ1n) is 30.6. The van der Waals surface area contributed by atoms with Crippen molar-refractivity contribution in [2.45, 2.75) is 200 Å². The number of ether oxygens (including phenoxy) is 2. The molecule has 0 radical (unpaired) electrons. The average molecular weight is 1130 g/mol. The zero-order chi connectivity index (χ0) is 58.7. The van der Waals surface area contributed by atoms with Crippen LogP contribution in [0, 0.1) is 0 Å². The van der Waals surface area contributed by atoms with Crippen LogP contribution in [-0.4, -0.2) is 49.3 Å². The van der Waals surface area contributed by atoms with Crippen molar-refractivity contribution in [2.75, 3.05) is 26.4 Å². The molecule has 0 aliphatic rings. The van der Waals surface area contributed by atoms with Crippen molar-refractivity contribution >= 4 is 19.8 Å². The van der Waals surface area contributed by atoms with Crippen LogP contribution in [0.3, 0.4) is 0 Å². The number of hydrogen-bond acceptors (Lipinski definition) is 8. The quantitative estimate of drug-likeness (QED) is 0.0264. The van der Waals surface area contributed by atoms with E-state index in [0.29, 0.717) is 12.8 Å². The fourth-order valence-corrected chi connectivity index (χ4v) is 7.99. The average Bonchev–Trinajstić information content (AvgIpc) is 3.46. The van der Waals surface area contributed by atoms with Crippen molar-refractivity contribution in [1.82, 2.24) is 0 Å². The van der Waals surface area contributed by atoms with E-state index in [2.05, 4.69) is 220 Å². The van der Waals surface area contributed by atoms with Gasteiger partial charge in [-0.05, 0) is 148 Å². The zero-order valence-corrected chi connectivity index (χ0v) is 51.1. The second-order valence-corrected chi connectivity index (χ2v) is 20.6. The highest BCUT2D eigenvalue weighted by Crippen LogP contribution is 2.43. The Morgan fingerprint density at radius 3 is 0.951 bits per heavy atom. The summed E-state index contributed by atoms with van der Waals surface area (Å²) in [5, 5.41) is 0. The van der Waals surface area contributed by atoms with Crippen molar-refractivity contribution in [3.8, 4) is 0 Å². The third-order valence-electron chi connectivity index (χ3n) is 11.7. The molecule has 0 aromatic rings. The van der Waals surface area contributed by atoms with Gasteiger partial charge in [0.2, 0.25) is 0 Å². The highest BCUT2D eigenvalue weighted by molar-refractivity contribution is 7.47. The van der Waals surface area contributed by atoms with Crippen molar-refractivity contribution < 1.29 is 37.6 Å². The molecule has 0 bridgehead atoms. The molecule has 0 saturated carbocycles. The molecule has 0 saturated heterocycles. The van der Waals surface area contributed by atoms with Crippen molar-refractivity contribution in [3.05, 3.63) is 207 Å². The second-order valence-electron chi connectivity index (χ2n) is 19.1. The molecule has 0 fully saturated rings. The Morgan fingerprint density at radius 1 is 0.370 bits per heavy atom. The number of hydrogen-bond donors (Lipinski definition) is 2. The molecule has 3 N–H and O–H groups in total. The summed E-state index contributed by atoms with van der Waals surface area (Å²) >= 11 is 0. The number of rotatable bonds is 54.